The van der Waals surface area contributed by atoms with Crippen molar-refractivity contribution in [3.05, 3.63) is 63.2 Å². The summed E-state index contributed by atoms with van der Waals surface area (Å²) in [5.41, 5.74) is 0.515. The molecule has 0 aliphatic carbocycles. The highest BCUT2D eigenvalue weighted by Crippen LogP contribution is 2.26. The van der Waals surface area contributed by atoms with Gasteiger partial charge in [-0.25, -0.2) is 0 Å². The molecule has 2 aromatic carbocycles. The number of nitro groups is 1. The number of thiocarbonyl (C=S) groups is 1. The van der Waals surface area contributed by atoms with Gasteiger partial charge in [0.15, 0.2) is 5.11 Å². The summed E-state index contributed by atoms with van der Waals surface area (Å²) in [7, 11) is 1.46. The topological polar surface area (TPSA) is 93.5 Å². The number of nitrogens with zero attached hydrogens (tertiary/aromatic N) is 1. The normalized spacial score (nSPS) is 9.92. The number of nitro benzene ring substituents is 1. The van der Waals surface area contributed by atoms with E-state index in [1.807, 2.05) is 0 Å². The Kier molecular flexibility index (Phi) is 5.67. The first-order valence-electron chi connectivity index (χ1n) is 6.61. The predicted octanol–water partition coefficient (Wildman–Crippen LogP) is 3.38. The number of methoxy groups -OCH3 is 1. The van der Waals surface area contributed by atoms with Gasteiger partial charge in [-0.3, -0.25) is 20.2 Å². The lowest BCUT2D eigenvalue weighted by Gasteiger charge is -2.12. The molecule has 124 valence electrons. The Labute approximate surface area is 147 Å². The first-order valence-corrected chi connectivity index (χ1v) is 7.40. The number of anilines is 1. The second kappa shape index (κ2) is 7.71. The van der Waals surface area contributed by atoms with Gasteiger partial charge in [0.05, 0.1) is 28.3 Å². The second-order valence-electron chi connectivity index (χ2n) is 4.53. The van der Waals surface area contributed by atoms with Crippen LogP contribution in [-0.2, 0) is 0 Å². The molecule has 9 heteroatoms. The van der Waals surface area contributed by atoms with Gasteiger partial charge in [-0.1, -0.05) is 23.7 Å². The first kappa shape index (κ1) is 17.6. The summed E-state index contributed by atoms with van der Waals surface area (Å²) >= 11 is 11.0. The van der Waals surface area contributed by atoms with Crippen LogP contribution in [-0.4, -0.2) is 23.1 Å². The standard InChI is InChI=1S/C15H12ClN3O4S/c1-23-13-5-3-2-4-10(13)14(20)18-15(24)17-12-7-6-9(19(21)22)8-11(12)16/h2-8H,1H3,(H2,17,18,20,24). The quantitative estimate of drug-likeness (QED) is 0.490. The molecule has 7 nitrogen and oxygen atoms in total. The lowest BCUT2D eigenvalue weighted by Crippen LogP contribution is -2.34. The molecule has 0 atom stereocenters. The second-order valence-corrected chi connectivity index (χ2v) is 5.35. The van der Waals surface area contributed by atoms with E-state index in [2.05, 4.69) is 10.6 Å². The molecule has 2 aromatic rings. The van der Waals surface area contributed by atoms with Crippen LogP contribution < -0.4 is 15.4 Å². The van der Waals surface area contributed by atoms with Crippen LogP contribution in [0.25, 0.3) is 0 Å². The number of non-ortho nitro benzene ring substituents is 1. The number of carbonyl (C=O) groups is 1. The number of amides is 1. The van der Waals surface area contributed by atoms with Gasteiger partial charge in [0.25, 0.3) is 11.6 Å². The lowest BCUT2D eigenvalue weighted by molar-refractivity contribution is -0.384. The van der Waals surface area contributed by atoms with Crippen LogP contribution in [0.2, 0.25) is 5.02 Å². The molecular weight excluding hydrogens is 354 g/mol. The van der Waals surface area contributed by atoms with Gasteiger partial charge in [0.2, 0.25) is 0 Å². The van der Waals surface area contributed by atoms with E-state index in [1.54, 1.807) is 24.3 Å². The van der Waals surface area contributed by atoms with Crippen molar-refractivity contribution in [1.82, 2.24) is 5.32 Å². The zero-order chi connectivity index (χ0) is 17.7. The van der Waals surface area contributed by atoms with Crippen molar-refractivity contribution < 1.29 is 14.5 Å². The van der Waals surface area contributed by atoms with Gasteiger partial charge in [0, 0.05) is 12.1 Å². The van der Waals surface area contributed by atoms with Crippen molar-refractivity contribution in [2.24, 2.45) is 0 Å². The van der Waals surface area contributed by atoms with E-state index in [9.17, 15) is 14.9 Å². The summed E-state index contributed by atoms with van der Waals surface area (Å²) in [4.78, 5) is 22.3. The summed E-state index contributed by atoms with van der Waals surface area (Å²) < 4.78 is 5.11. The number of hydrogen-bond acceptors (Lipinski definition) is 5. The molecule has 0 fully saturated rings. The third-order valence-corrected chi connectivity index (χ3v) is 3.51. The number of hydrogen-bond donors (Lipinski definition) is 2. The SMILES string of the molecule is COc1ccccc1C(=O)NC(=S)Nc1ccc([N+](=O)[O-])cc1Cl. The number of para-hydroxylation sites is 1. The number of halogens is 1. The Hall–Kier alpha value is -2.71. The average molecular weight is 366 g/mol. The molecule has 0 radical (unpaired) electrons. The third kappa shape index (κ3) is 4.18. The fourth-order valence-corrected chi connectivity index (χ4v) is 2.30. The molecule has 0 saturated carbocycles. The van der Waals surface area contributed by atoms with E-state index < -0.39 is 10.8 Å². The molecule has 0 heterocycles. The summed E-state index contributed by atoms with van der Waals surface area (Å²) in [6.07, 6.45) is 0. The highest BCUT2D eigenvalue weighted by atomic mass is 35.5. The summed E-state index contributed by atoms with van der Waals surface area (Å²) in [5, 5.41) is 16.0. The van der Waals surface area contributed by atoms with Crippen LogP contribution in [0.3, 0.4) is 0 Å². The average Bonchev–Trinajstić information content (AvgIpc) is 2.56. The van der Waals surface area contributed by atoms with Crippen LogP contribution >= 0.6 is 23.8 Å². The van der Waals surface area contributed by atoms with Gasteiger partial charge >= 0.3 is 0 Å². The predicted molar refractivity (Wildman–Crippen MR) is 94.8 cm³/mol. The van der Waals surface area contributed by atoms with Gasteiger partial charge in [-0.15, -0.1) is 0 Å². The van der Waals surface area contributed by atoms with Crippen molar-refractivity contribution >= 4 is 46.2 Å². The molecule has 2 rings (SSSR count). The summed E-state index contributed by atoms with van der Waals surface area (Å²) in [6, 6.07) is 10.5. The van der Waals surface area contributed by atoms with Crippen molar-refractivity contribution in [2.75, 3.05) is 12.4 Å². The van der Waals surface area contributed by atoms with E-state index in [-0.39, 0.29) is 15.8 Å². The van der Waals surface area contributed by atoms with Crippen molar-refractivity contribution in [1.29, 1.82) is 0 Å². The fraction of sp³-hybridized carbons (Fsp3) is 0.0667. The number of benzene rings is 2. The molecule has 0 spiro atoms. The molecule has 2 N–H and O–H groups in total. The van der Waals surface area contributed by atoms with E-state index in [4.69, 9.17) is 28.6 Å². The molecule has 0 aliphatic rings. The highest BCUT2D eigenvalue weighted by Gasteiger charge is 2.14. The maximum absolute atomic E-state index is 12.2. The molecule has 0 saturated heterocycles. The van der Waals surface area contributed by atoms with Crippen molar-refractivity contribution in [2.45, 2.75) is 0 Å². The van der Waals surface area contributed by atoms with E-state index >= 15 is 0 Å². The van der Waals surface area contributed by atoms with Gasteiger partial charge < -0.3 is 10.1 Å². The Bertz CT molecular complexity index is 813. The van der Waals surface area contributed by atoms with Crippen LogP contribution in [0.4, 0.5) is 11.4 Å². The van der Waals surface area contributed by atoms with E-state index in [0.717, 1.165) is 0 Å². The maximum Gasteiger partial charge on any atom is 0.271 e. The minimum absolute atomic E-state index is 0.00154. The lowest BCUT2D eigenvalue weighted by atomic mass is 10.2. The van der Waals surface area contributed by atoms with Crippen LogP contribution in [0.5, 0.6) is 5.75 Å². The maximum atomic E-state index is 12.2. The van der Waals surface area contributed by atoms with Crippen LogP contribution in [0.15, 0.2) is 42.5 Å². The zero-order valence-corrected chi connectivity index (χ0v) is 14.0. The number of rotatable bonds is 4. The molecule has 24 heavy (non-hydrogen) atoms. The molecule has 1 amide bonds. The summed E-state index contributed by atoms with van der Waals surface area (Å²) in [5.74, 6) is -0.0471. The minimum Gasteiger partial charge on any atom is -0.496 e. The Morgan fingerprint density at radius 2 is 2.00 bits per heavy atom. The molecule has 0 unspecified atom stereocenters. The van der Waals surface area contributed by atoms with Crippen LogP contribution in [0, 0.1) is 10.1 Å². The van der Waals surface area contributed by atoms with Gasteiger partial charge in [-0.2, -0.15) is 0 Å². The Morgan fingerprint density at radius 1 is 1.29 bits per heavy atom. The van der Waals surface area contributed by atoms with Crippen LogP contribution in [0.1, 0.15) is 10.4 Å². The number of ether oxygens (including phenoxy) is 1. The van der Waals surface area contributed by atoms with E-state index in [0.29, 0.717) is 17.0 Å². The Morgan fingerprint density at radius 3 is 2.62 bits per heavy atom. The fourth-order valence-electron chi connectivity index (χ4n) is 1.88. The zero-order valence-electron chi connectivity index (χ0n) is 12.4. The number of nitrogens with one attached hydrogen (secondary N) is 2. The monoisotopic (exact) mass is 365 g/mol. The molecular formula is C15H12ClN3O4S. The van der Waals surface area contributed by atoms with E-state index in [1.165, 1.54) is 25.3 Å². The largest absolute Gasteiger partial charge is 0.496 e. The van der Waals surface area contributed by atoms with Gasteiger partial charge in [-0.05, 0) is 30.4 Å². The first-order chi connectivity index (χ1) is 11.4. The number of carbonyl (C=O) groups excluding carboxylic acids is 1. The summed E-state index contributed by atoms with van der Waals surface area (Å²) in [6.45, 7) is 0. The third-order valence-electron chi connectivity index (χ3n) is 2.99. The molecule has 0 aromatic heterocycles. The highest BCUT2D eigenvalue weighted by molar-refractivity contribution is 7.80. The molecule has 0 bridgehead atoms. The Balaban J connectivity index is 2.08. The van der Waals surface area contributed by atoms with Crippen molar-refractivity contribution in [3.8, 4) is 5.75 Å². The molecule has 0 aliphatic heterocycles. The van der Waals surface area contributed by atoms with Gasteiger partial charge in [0.1, 0.15) is 5.75 Å². The minimum atomic E-state index is -0.558. The van der Waals surface area contributed by atoms with Crippen molar-refractivity contribution in [3.63, 3.8) is 0 Å². The smallest absolute Gasteiger partial charge is 0.271 e.